The number of ketones is 1. The second-order valence-corrected chi connectivity index (χ2v) is 16.0. The maximum absolute atomic E-state index is 14.6. The van der Waals surface area contributed by atoms with Gasteiger partial charge in [-0.05, 0) is 88.8 Å². The molecule has 6 heteroatoms. The molecular formula is C54H56O6. The van der Waals surface area contributed by atoms with E-state index < -0.39 is 0 Å². The fraction of sp³-hybridized carbons (Fsp3) is 0.278. The summed E-state index contributed by atoms with van der Waals surface area (Å²) in [6, 6.07) is 47.5. The number of aryl methyl sites for hydroxylation is 1. The van der Waals surface area contributed by atoms with E-state index in [1.54, 1.807) is 12.1 Å². The number of hydrogen-bond acceptors (Lipinski definition) is 6. The molecule has 0 amide bonds. The van der Waals surface area contributed by atoms with Gasteiger partial charge in [0.05, 0.1) is 12.7 Å². The summed E-state index contributed by atoms with van der Waals surface area (Å²) in [5.41, 5.74) is 6.83. The van der Waals surface area contributed by atoms with Crippen LogP contribution in [0.5, 0.6) is 23.0 Å². The van der Waals surface area contributed by atoms with Gasteiger partial charge in [0.1, 0.15) is 36.9 Å². The first-order valence-corrected chi connectivity index (χ1v) is 21.2. The molecule has 60 heavy (non-hydrogen) atoms. The first-order valence-electron chi connectivity index (χ1n) is 21.2. The van der Waals surface area contributed by atoms with Crippen LogP contribution in [0.1, 0.15) is 88.8 Å². The number of ether oxygens (including phenoxy) is 4. The van der Waals surface area contributed by atoms with E-state index in [1.165, 1.54) is 6.08 Å². The number of phenols is 1. The molecule has 1 N–H and O–H groups in total. The third-order valence-corrected chi connectivity index (χ3v) is 12.1. The zero-order chi connectivity index (χ0) is 41.8. The van der Waals surface area contributed by atoms with E-state index in [0.717, 1.165) is 51.8 Å². The molecule has 1 fully saturated rings. The number of carbonyl (C=O) groups is 1. The summed E-state index contributed by atoms with van der Waals surface area (Å²) in [4.78, 5) is 14.6. The second kappa shape index (κ2) is 20.2. The lowest BCUT2D eigenvalue weighted by molar-refractivity contribution is -0.0654. The maximum atomic E-state index is 14.6. The van der Waals surface area contributed by atoms with Crippen LogP contribution in [0, 0.1) is 24.7 Å². The van der Waals surface area contributed by atoms with Crippen LogP contribution < -0.4 is 14.2 Å². The second-order valence-electron chi connectivity index (χ2n) is 16.0. The van der Waals surface area contributed by atoms with E-state index in [2.05, 4.69) is 32.9 Å². The molecule has 0 radical (unpaired) electrons. The Morgan fingerprint density at radius 2 is 1.17 bits per heavy atom. The summed E-state index contributed by atoms with van der Waals surface area (Å²) in [5.74, 6) is 2.16. The lowest BCUT2D eigenvalue weighted by Gasteiger charge is -2.45. The van der Waals surface area contributed by atoms with Gasteiger partial charge in [0, 0.05) is 11.5 Å². The number of phenolic OH excluding ortho intramolecular Hbond substituents is 1. The number of hydrogen-bond donors (Lipinski definition) is 1. The van der Waals surface area contributed by atoms with Gasteiger partial charge in [-0.25, -0.2) is 0 Å². The van der Waals surface area contributed by atoms with Crippen molar-refractivity contribution >= 4 is 11.9 Å². The standard InChI is InChI=1S/C54H56O6/c1-5-45-32-46(53(39(4)38(45)3)59-35-43-22-14-8-15-23-43)51-37(2)30-48(56)52(54(51)60-36-44-24-16-9-17-25-44)47(55)28-26-40-27-29-49(57-33-41-18-10-6-11-19-41)50(31-40)58-34-42-20-12-7-13-21-42/h6-31,38-39,45-46,53,56H,5,32-36H2,1-4H3/b28-26+. The van der Waals surface area contributed by atoms with E-state index in [-0.39, 0.29) is 41.6 Å². The topological polar surface area (TPSA) is 74.2 Å². The summed E-state index contributed by atoms with van der Waals surface area (Å²) >= 11 is 0. The van der Waals surface area contributed by atoms with Gasteiger partial charge < -0.3 is 24.1 Å². The highest BCUT2D eigenvalue weighted by atomic mass is 16.5. The molecule has 6 aromatic carbocycles. The lowest BCUT2D eigenvalue weighted by atomic mass is 9.64. The zero-order valence-corrected chi connectivity index (χ0v) is 35.1. The molecular weight excluding hydrogens is 745 g/mol. The van der Waals surface area contributed by atoms with Crippen LogP contribution in [0.25, 0.3) is 6.08 Å². The number of allylic oxidation sites excluding steroid dienone is 1. The molecule has 0 aliphatic heterocycles. The quantitative estimate of drug-likeness (QED) is 0.0731. The Labute approximate surface area is 355 Å². The van der Waals surface area contributed by atoms with E-state index in [1.807, 2.05) is 134 Å². The van der Waals surface area contributed by atoms with Crippen LogP contribution in [0.15, 0.2) is 152 Å². The fourth-order valence-electron chi connectivity index (χ4n) is 8.57. The zero-order valence-electron chi connectivity index (χ0n) is 35.1. The van der Waals surface area contributed by atoms with Crippen molar-refractivity contribution in [2.45, 2.75) is 79.0 Å². The van der Waals surface area contributed by atoms with Crippen molar-refractivity contribution in [2.75, 3.05) is 0 Å². The van der Waals surface area contributed by atoms with Crippen molar-refractivity contribution in [3.63, 3.8) is 0 Å². The van der Waals surface area contributed by atoms with E-state index in [4.69, 9.17) is 18.9 Å². The lowest BCUT2D eigenvalue weighted by Crippen LogP contribution is -2.42. The van der Waals surface area contributed by atoms with Gasteiger partial charge in [0.25, 0.3) is 0 Å². The largest absolute Gasteiger partial charge is 0.507 e. The number of carbonyl (C=O) groups excluding carboxylic acids is 1. The summed E-state index contributed by atoms with van der Waals surface area (Å²) in [6.07, 6.45) is 5.03. The summed E-state index contributed by atoms with van der Waals surface area (Å²) in [6.45, 7) is 10.3. The predicted molar refractivity (Wildman–Crippen MR) is 239 cm³/mol. The van der Waals surface area contributed by atoms with Crippen molar-refractivity contribution in [3.8, 4) is 23.0 Å². The molecule has 308 valence electrons. The average Bonchev–Trinajstić information content (AvgIpc) is 3.28. The van der Waals surface area contributed by atoms with Crippen LogP contribution in [0.3, 0.4) is 0 Å². The summed E-state index contributed by atoms with van der Waals surface area (Å²) < 4.78 is 26.2. The predicted octanol–water partition coefficient (Wildman–Crippen LogP) is 12.7. The molecule has 6 nitrogen and oxygen atoms in total. The van der Waals surface area contributed by atoms with Crippen molar-refractivity contribution in [2.24, 2.45) is 17.8 Å². The van der Waals surface area contributed by atoms with Crippen LogP contribution in [0.4, 0.5) is 0 Å². The van der Waals surface area contributed by atoms with Crippen LogP contribution >= 0.6 is 0 Å². The molecule has 1 aliphatic carbocycles. The molecule has 1 aliphatic rings. The van der Waals surface area contributed by atoms with Crippen molar-refractivity contribution in [1.82, 2.24) is 0 Å². The third-order valence-electron chi connectivity index (χ3n) is 12.1. The van der Waals surface area contributed by atoms with E-state index >= 15 is 0 Å². The van der Waals surface area contributed by atoms with Crippen LogP contribution in [0.2, 0.25) is 0 Å². The Bertz CT molecular complexity index is 2320. The molecule has 0 saturated heterocycles. The number of rotatable bonds is 17. The van der Waals surface area contributed by atoms with E-state index in [0.29, 0.717) is 48.9 Å². The van der Waals surface area contributed by atoms with E-state index in [9.17, 15) is 9.90 Å². The fourth-order valence-corrected chi connectivity index (χ4v) is 8.57. The molecule has 1 saturated carbocycles. The summed E-state index contributed by atoms with van der Waals surface area (Å²) in [7, 11) is 0. The Morgan fingerprint density at radius 1 is 0.650 bits per heavy atom. The van der Waals surface area contributed by atoms with Gasteiger partial charge in [0.2, 0.25) is 0 Å². The first kappa shape index (κ1) is 42.0. The molecule has 5 unspecified atom stereocenters. The van der Waals surface area contributed by atoms with Gasteiger partial charge in [0.15, 0.2) is 17.3 Å². The van der Waals surface area contributed by atoms with Crippen molar-refractivity contribution < 1.29 is 28.8 Å². The SMILES string of the molecule is CCC1CC(c2c(C)cc(O)c(C(=O)/C=C/c3ccc(OCc4ccccc4)c(OCc4ccccc4)c3)c2OCc2ccccc2)C(OCc2ccccc2)C(C)C1C. The third kappa shape index (κ3) is 10.4. The molecule has 0 bridgehead atoms. The highest BCUT2D eigenvalue weighted by Gasteiger charge is 2.43. The van der Waals surface area contributed by atoms with Crippen LogP contribution in [-0.4, -0.2) is 17.0 Å². The molecule has 6 aromatic rings. The number of aromatic hydroxyl groups is 1. The van der Waals surface area contributed by atoms with Gasteiger partial charge in [-0.2, -0.15) is 0 Å². The monoisotopic (exact) mass is 800 g/mol. The van der Waals surface area contributed by atoms with Gasteiger partial charge >= 0.3 is 0 Å². The van der Waals surface area contributed by atoms with Gasteiger partial charge in [-0.3, -0.25) is 4.79 Å². The molecule has 0 spiro atoms. The maximum Gasteiger partial charge on any atom is 0.193 e. The minimum Gasteiger partial charge on any atom is -0.507 e. The minimum absolute atomic E-state index is 0.0699. The Balaban J connectivity index is 1.24. The molecule has 7 rings (SSSR count). The Hall–Kier alpha value is -6.11. The Kier molecular flexibility index (Phi) is 14.2. The van der Waals surface area contributed by atoms with Crippen molar-refractivity contribution in [1.29, 1.82) is 0 Å². The van der Waals surface area contributed by atoms with Gasteiger partial charge in [-0.15, -0.1) is 0 Å². The van der Waals surface area contributed by atoms with Crippen molar-refractivity contribution in [3.05, 3.63) is 196 Å². The average molecular weight is 801 g/mol. The number of benzene rings is 6. The molecule has 0 aromatic heterocycles. The van der Waals surface area contributed by atoms with Gasteiger partial charge in [-0.1, -0.05) is 161 Å². The van der Waals surface area contributed by atoms with Crippen LogP contribution in [-0.2, 0) is 31.2 Å². The summed E-state index contributed by atoms with van der Waals surface area (Å²) in [5, 5.41) is 11.7. The highest BCUT2D eigenvalue weighted by molar-refractivity contribution is 6.11. The minimum atomic E-state index is -0.362. The highest BCUT2D eigenvalue weighted by Crippen LogP contribution is 2.51. The Morgan fingerprint density at radius 3 is 1.72 bits per heavy atom. The molecule has 0 heterocycles. The normalized spacial score (nSPS) is 18.9. The smallest absolute Gasteiger partial charge is 0.193 e. The molecule has 5 atom stereocenters. The first-order chi connectivity index (χ1) is 29.3.